The molecular weight excluding hydrogens is 344 g/mol. The van der Waals surface area contributed by atoms with E-state index in [0.717, 1.165) is 81.9 Å². The quantitative estimate of drug-likeness (QED) is 0.838. The molecule has 0 bridgehead atoms. The highest BCUT2D eigenvalue weighted by molar-refractivity contribution is 5.44. The summed E-state index contributed by atoms with van der Waals surface area (Å²) in [6.45, 7) is 8.12. The molecule has 9 nitrogen and oxygen atoms in total. The highest BCUT2D eigenvalue weighted by atomic mass is 16.5. The van der Waals surface area contributed by atoms with Crippen molar-refractivity contribution in [3.05, 3.63) is 23.4 Å². The Hall–Kier alpha value is -2.26. The van der Waals surface area contributed by atoms with Crippen LogP contribution in [-0.4, -0.2) is 69.0 Å². The molecule has 0 saturated carbocycles. The second-order valence-corrected chi connectivity index (χ2v) is 7.43. The molecule has 9 heteroatoms. The number of piperidine rings is 1. The molecule has 0 spiro atoms. The number of nitrogen functional groups attached to an aromatic ring is 1. The van der Waals surface area contributed by atoms with Crippen molar-refractivity contribution >= 4 is 11.8 Å². The van der Waals surface area contributed by atoms with Gasteiger partial charge >= 0.3 is 0 Å². The Balaban J connectivity index is 1.48. The van der Waals surface area contributed by atoms with Crippen molar-refractivity contribution < 1.29 is 4.74 Å². The molecule has 4 heterocycles. The van der Waals surface area contributed by atoms with E-state index in [1.54, 1.807) is 0 Å². The first-order valence-corrected chi connectivity index (χ1v) is 9.64. The Labute approximate surface area is 159 Å². The predicted molar refractivity (Wildman–Crippen MR) is 102 cm³/mol. The molecule has 27 heavy (non-hydrogen) atoms. The van der Waals surface area contributed by atoms with E-state index in [1.165, 1.54) is 0 Å². The number of hydrogen-bond donors (Lipinski definition) is 1. The van der Waals surface area contributed by atoms with Gasteiger partial charge in [-0.25, -0.2) is 4.98 Å². The minimum Gasteiger partial charge on any atom is -0.379 e. The minimum atomic E-state index is 0.332. The highest BCUT2D eigenvalue weighted by Crippen LogP contribution is 2.29. The van der Waals surface area contributed by atoms with Crippen molar-refractivity contribution in [2.75, 3.05) is 50.0 Å². The highest BCUT2D eigenvalue weighted by Gasteiger charge is 2.27. The van der Waals surface area contributed by atoms with E-state index in [0.29, 0.717) is 11.9 Å². The van der Waals surface area contributed by atoms with Gasteiger partial charge in [0, 0.05) is 50.9 Å². The lowest BCUT2D eigenvalue weighted by Crippen LogP contribution is -2.37. The summed E-state index contributed by atoms with van der Waals surface area (Å²) in [7, 11) is 2.08. The van der Waals surface area contributed by atoms with Crippen LogP contribution in [0.5, 0.6) is 0 Å². The Kier molecular flexibility index (Phi) is 5.22. The number of ether oxygens (including phenoxy) is 1. The van der Waals surface area contributed by atoms with Crippen LogP contribution in [0.1, 0.15) is 36.1 Å². The minimum absolute atomic E-state index is 0.332. The first kappa shape index (κ1) is 18.1. The zero-order chi connectivity index (χ0) is 18.8. The van der Waals surface area contributed by atoms with Gasteiger partial charge in [-0.15, -0.1) is 10.2 Å². The summed E-state index contributed by atoms with van der Waals surface area (Å²) in [6, 6.07) is 2.00. The lowest BCUT2D eigenvalue weighted by Gasteiger charge is -2.33. The van der Waals surface area contributed by atoms with Gasteiger partial charge in [0.2, 0.25) is 5.95 Å². The summed E-state index contributed by atoms with van der Waals surface area (Å²) < 4.78 is 7.60. The lowest BCUT2D eigenvalue weighted by atomic mass is 9.97. The van der Waals surface area contributed by atoms with Gasteiger partial charge in [0.05, 0.1) is 19.8 Å². The Bertz CT molecular complexity index is 765. The summed E-state index contributed by atoms with van der Waals surface area (Å²) in [5.74, 6) is 3.65. The van der Waals surface area contributed by atoms with Crippen LogP contribution in [0.4, 0.5) is 11.8 Å². The van der Waals surface area contributed by atoms with Crippen LogP contribution >= 0.6 is 0 Å². The Morgan fingerprint density at radius 1 is 1.19 bits per heavy atom. The molecule has 0 radical (unpaired) electrons. The van der Waals surface area contributed by atoms with Crippen LogP contribution in [-0.2, 0) is 18.3 Å². The zero-order valence-corrected chi connectivity index (χ0v) is 16.1. The van der Waals surface area contributed by atoms with Gasteiger partial charge in [0.15, 0.2) is 0 Å². The van der Waals surface area contributed by atoms with Gasteiger partial charge in [0.1, 0.15) is 17.5 Å². The number of nitrogens with two attached hydrogens (primary N) is 1. The van der Waals surface area contributed by atoms with Gasteiger partial charge in [-0.1, -0.05) is 0 Å². The van der Waals surface area contributed by atoms with E-state index in [2.05, 4.69) is 41.6 Å². The number of nitrogens with zero attached hydrogens (tertiary/aromatic N) is 7. The van der Waals surface area contributed by atoms with E-state index >= 15 is 0 Å². The summed E-state index contributed by atoms with van der Waals surface area (Å²) in [5.41, 5.74) is 6.73. The molecule has 146 valence electrons. The fourth-order valence-corrected chi connectivity index (χ4v) is 3.96. The molecule has 1 atom stereocenters. The second-order valence-electron chi connectivity index (χ2n) is 7.43. The molecule has 0 amide bonds. The normalized spacial score (nSPS) is 21.6. The summed E-state index contributed by atoms with van der Waals surface area (Å²) in [4.78, 5) is 13.3. The van der Waals surface area contributed by atoms with Crippen LogP contribution in [0, 0.1) is 6.92 Å². The maximum atomic E-state index is 5.84. The van der Waals surface area contributed by atoms with Crippen molar-refractivity contribution in [1.29, 1.82) is 0 Å². The molecule has 2 aliphatic heterocycles. The van der Waals surface area contributed by atoms with Crippen LogP contribution in [0.3, 0.4) is 0 Å². The Morgan fingerprint density at radius 3 is 2.78 bits per heavy atom. The first-order valence-electron chi connectivity index (χ1n) is 9.64. The maximum Gasteiger partial charge on any atom is 0.222 e. The average Bonchev–Trinajstić information content (AvgIpc) is 3.02. The molecule has 2 aromatic rings. The van der Waals surface area contributed by atoms with Gasteiger partial charge in [-0.2, -0.15) is 4.98 Å². The predicted octanol–water partition coefficient (Wildman–Crippen LogP) is 0.712. The molecule has 2 saturated heterocycles. The molecule has 0 unspecified atom stereocenters. The van der Waals surface area contributed by atoms with Crippen molar-refractivity contribution in [2.45, 2.75) is 32.2 Å². The van der Waals surface area contributed by atoms with E-state index in [1.807, 2.05) is 13.0 Å². The van der Waals surface area contributed by atoms with Gasteiger partial charge < -0.3 is 19.9 Å². The van der Waals surface area contributed by atoms with Gasteiger partial charge in [-0.05, 0) is 19.8 Å². The monoisotopic (exact) mass is 372 g/mol. The molecule has 0 aromatic carbocycles. The van der Waals surface area contributed by atoms with E-state index in [-0.39, 0.29) is 0 Å². The summed E-state index contributed by atoms with van der Waals surface area (Å²) >= 11 is 0. The van der Waals surface area contributed by atoms with Crippen molar-refractivity contribution in [2.24, 2.45) is 7.05 Å². The van der Waals surface area contributed by atoms with Crippen LogP contribution in [0.15, 0.2) is 6.07 Å². The SMILES string of the molecule is Cc1cc(N2CCC[C@@H](c3nnc(CN4CCOCC4)n3C)C2)nc(N)n1. The third-order valence-corrected chi connectivity index (χ3v) is 5.44. The fourth-order valence-electron chi connectivity index (χ4n) is 3.96. The molecule has 2 N–H and O–H groups in total. The molecule has 4 rings (SSSR count). The second kappa shape index (κ2) is 7.77. The largest absolute Gasteiger partial charge is 0.379 e. The number of morpholine rings is 1. The molecule has 2 aromatic heterocycles. The fraction of sp³-hybridized carbons (Fsp3) is 0.667. The van der Waals surface area contributed by atoms with Gasteiger partial charge in [0.25, 0.3) is 0 Å². The summed E-state index contributed by atoms with van der Waals surface area (Å²) in [5, 5.41) is 9.02. The first-order chi connectivity index (χ1) is 13.1. The standard InChI is InChI=1S/C18H28N8O/c1-13-10-15(21-18(19)20-13)26-5-3-4-14(11-26)17-23-22-16(24(17)2)12-25-6-8-27-9-7-25/h10,14H,3-9,11-12H2,1-2H3,(H2,19,20,21)/t14-/m1/s1. The third kappa shape index (κ3) is 4.03. The molecular formula is C18H28N8O. The summed E-state index contributed by atoms with van der Waals surface area (Å²) in [6.07, 6.45) is 2.21. The van der Waals surface area contributed by atoms with E-state index in [9.17, 15) is 0 Å². The van der Waals surface area contributed by atoms with E-state index in [4.69, 9.17) is 10.5 Å². The number of aromatic nitrogens is 5. The maximum absolute atomic E-state index is 5.84. The number of aryl methyl sites for hydroxylation is 1. The topological polar surface area (TPSA) is 98.2 Å². The van der Waals surface area contributed by atoms with Crippen LogP contribution in [0.2, 0.25) is 0 Å². The zero-order valence-electron chi connectivity index (χ0n) is 16.1. The van der Waals surface area contributed by atoms with Crippen LogP contribution < -0.4 is 10.6 Å². The van der Waals surface area contributed by atoms with Crippen molar-refractivity contribution in [3.8, 4) is 0 Å². The molecule has 2 fully saturated rings. The van der Waals surface area contributed by atoms with E-state index < -0.39 is 0 Å². The van der Waals surface area contributed by atoms with Crippen LogP contribution in [0.25, 0.3) is 0 Å². The number of anilines is 2. The molecule has 0 aliphatic carbocycles. The third-order valence-electron chi connectivity index (χ3n) is 5.44. The number of rotatable bonds is 4. The lowest BCUT2D eigenvalue weighted by molar-refractivity contribution is 0.0326. The van der Waals surface area contributed by atoms with Gasteiger partial charge in [-0.3, -0.25) is 4.90 Å². The smallest absolute Gasteiger partial charge is 0.222 e. The number of hydrogen-bond acceptors (Lipinski definition) is 8. The van der Waals surface area contributed by atoms with Crippen molar-refractivity contribution in [3.63, 3.8) is 0 Å². The Morgan fingerprint density at radius 2 is 2.00 bits per heavy atom. The average molecular weight is 372 g/mol. The van der Waals surface area contributed by atoms with Crippen molar-refractivity contribution in [1.82, 2.24) is 29.6 Å². The molecule has 2 aliphatic rings.